The summed E-state index contributed by atoms with van der Waals surface area (Å²) in [7, 11) is 0. The number of fused-ring (bicyclic) bond motifs is 1. The van der Waals surface area contributed by atoms with Crippen LogP contribution in [-0.2, 0) is 11.3 Å². The Morgan fingerprint density at radius 1 is 1.06 bits per heavy atom. The van der Waals surface area contributed by atoms with Gasteiger partial charge in [0.05, 0.1) is 17.7 Å². The number of carbonyl (C=O) groups is 2. The zero-order valence-electron chi connectivity index (χ0n) is 19.0. The largest absolute Gasteiger partial charge is 0.486 e. The van der Waals surface area contributed by atoms with Gasteiger partial charge in [-0.25, -0.2) is 13.6 Å². The highest BCUT2D eigenvalue weighted by Crippen LogP contribution is 2.28. The van der Waals surface area contributed by atoms with Crippen LogP contribution < -0.4 is 15.8 Å². The fourth-order valence-corrected chi connectivity index (χ4v) is 3.39. The molecule has 3 aromatic rings. The summed E-state index contributed by atoms with van der Waals surface area (Å²) < 4.78 is 76.1. The molecule has 1 heterocycles. The molecule has 0 fully saturated rings. The maximum absolute atomic E-state index is 13.9. The highest BCUT2D eigenvalue weighted by atomic mass is 19.4. The zero-order valence-corrected chi connectivity index (χ0v) is 19.0. The normalized spacial score (nSPS) is 13.2. The molecule has 2 aromatic carbocycles. The summed E-state index contributed by atoms with van der Waals surface area (Å²) in [6.45, 7) is 0.405. The third-order valence-corrected chi connectivity index (χ3v) is 5.28. The number of carbonyl (C=O) groups excluding carboxylic acids is 2. The number of benzene rings is 2. The molecule has 0 saturated heterocycles. The monoisotopic (exact) mass is 511 g/mol. The molecule has 3 N–H and O–H groups in total. The van der Waals surface area contributed by atoms with Gasteiger partial charge in [0.1, 0.15) is 35.1 Å². The van der Waals surface area contributed by atoms with E-state index >= 15 is 0 Å². The third-order valence-electron chi connectivity index (χ3n) is 5.28. The number of ether oxygens (including phenoxy) is 2. The van der Waals surface area contributed by atoms with Crippen molar-refractivity contribution in [2.75, 3.05) is 6.54 Å². The molecule has 0 saturated carbocycles. The maximum atomic E-state index is 13.9. The van der Waals surface area contributed by atoms with Crippen molar-refractivity contribution in [1.82, 2.24) is 10.3 Å². The van der Waals surface area contributed by atoms with E-state index in [9.17, 15) is 31.5 Å². The number of aromatic nitrogens is 1. The Morgan fingerprint density at radius 2 is 1.72 bits per heavy atom. The van der Waals surface area contributed by atoms with E-state index in [1.165, 1.54) is 25.3 Å². The standard InChI is InChI=1S/C24H22F5N3O4/c1-23(36-22(30)34,8-9-24(27,28)29)13-32-21(33)15-10-14-4-2-7-19(20(14)31-11-15)35-12-16-17(25)5-3-6-18(16)26/h2-7,10-11H,8-9,12-13H2,1H3,(H2,30,34)(H,32,33). The molecule has 3 rings (SSSR count). The van der Waals surface area contributed by atoms with Gasteiger partial charge < -0.3 is 20.5 Å². The van der Waals surface area contributed by atoms with E-state index in [2.05, 4.69) is 10.3 Å². The van der Waals surface area contributed by atoms with Crippen LogP contribution in [0.2, 0.25) is 0 Å². The smallest absolute Gasteiger partial charge is 0.405 e. The molecule has 0 aliphatic carbocycles. The second-order valence-corrected chi connectivity index (χ2v) is 8.21. The number of nitrogens with one attached hydrogen (secondary N) is 1. The first kappa shape index (κ1) is 26.6. The highest BCUT2D eigenvalue weighted by molar-refractivity contribution is 5.98. The molecule has 36 heavy (non-hydrogen) atoms. The van der Waals surface area contributed by atoms with Gasteiger partial charge in [0, 0.05) is 18.0 Å². The molecule has 0 aliphatic rings. The summed E-state index contributed by atoms with van der Waals surface area (Å²) in [6.07, 6.45) is -6.42. The van der Waals surface area contributed by atoms with Crippen LogP contribution in [-0.4, -0.2) is 35.3 Å². The lowest BCUT2D eigenvalue weighted by molar-refractivity contribution is -0.145. The van der Waals surface area contributed by atoms with Gasteiger partial charge in [-0.1, -0.05) is 18.2 Å². The molecule has 0 radical (unpaired) electrons. The molecular formula is C24H22F5N3O4. The molecule has 12 heteroatoms. The van der Waals surface area contributed by atoms with Crippen molar-refractivity contribution in [3.8, 4) is 5.75 Å². The first-order valence-corrected chi connectivity index (χ1v) is 10.6. The van der Waals surface area contributed by atoms with Gasteiger partial charge in [-0.2, -0.15) is 13.2 Å². The van der Waals surface area contributed by atoms with Crippen LogP contribution in [0.15, 0.2) is 48.7 Å². The van der Waals surface area contributed by atoms with Gasteiger partial charge in [-0.05, 0) is 37.6 Å². The Morgan fingerprint density at radius 3 is 2.36 bits per heavy atom. The summed E-state index contributed by atoms with van der Waals surface area (Å²) in [5.41, 5.74) is 3.41. The Labute approximate surface area is 202 Å². The minimum absolute atomic E-state index is 0.0667. The van der Waals surface area contributed by atoms with Crippen molar-refractivity contribution in [3.63, 3.8) is 0 Å². The Kier molecular flexibility index (Phi) is 7.96. The average molecular weight is 511 g/mol. The highest BCUT2D eigenvalue weighted by Gasteiger charge is 2.36. The molecule has 1 aromatic heterocycles. The lowest BCUT2D eigenvalue weighted by atomic mass is 9.99. The Bertz CT molecular complexity index is 1250. The molecule has 1 unspecified atom stereocenters. The fourth-order valence-electron chi connectivity index (χ4n) is 3.39. The van der Waals surface area contributed by atoms with E-state index in [0.717, 1.165) is 12.1 Å². The van der Waals surface area contributed by atoms with E-state index in [1.807, 2.05) is 0 Å². The first-order chi connectivity index (χ1) is 16.9. The predicted octanol–water partition coefficient (Wildman–Crippen LogP) is 5.02. The maximum Gasteiger partial charge on any atom is 0.405 e. The van der Waals surface area contributed by atoms with Gasteiger partial charge in [0.15, 0.2) is 0 Å². The molecule has 0 bridgehead atoms. The van der Waals surface area contributed by atoms with Crippen molar-refractivity contribution >= 4 is 22.9 Å². The van der Waals surface area contributed by atoms with Gasteiger partial charge in [-0.15, -0.1) is 0 Å². The number of hydrogen-bond donors (Lipinski definition) is 2. The number of alkyl halides is 3. The van der Waals surface area contributed by atoms with E-state index in [1.54, 1.807) is 18.2 Å². The number of para-hydroxylation sites is 1. The van der Waals surface area contributed by atoms with Crippen molar-refractivity contribution in [2.45, 2.75) is 38.1 Å². The number of nitrogens with two attached hydrogens (primary N) is 1. The van der Waals surface area contributed by atoms with Gasteiger partial charge in [0.25, 0.3) is 5.91 Å². The van der Waals surface area contributed by atoms with Crippen molar-refractivity contribution in [2.24, 2.45) is 5.73 Å². The summed E-state index contributed by atoms with van der Waals surface area (Å²) in [4.78, 5) is 28.0. The lowest BCUT2D eigenvalue weighted by Gasteiger charge is -2.29. The van der Waals surface area contributed by atoms with E-state index in [-0.39, 0.29) is 16.9 Å². The SMILES string of the molecule is CC(CCC(F)(F)F)(CNC(=O)c1cnc2c(OCc3c(F)cccc3F)cccc2c1)OC(N)=O. The fraction of sp³-hybridized carbons (Fsp3) is 0.292. The minimum Gasteiger partial charge on any atom is -0.486 e. The summed E-state index contributed by atoms with van der Waals surface area (Å²) in [5, 5.41) is 2.89. The van der Waals surface area contributed by atoms with Crippen LogP contribution in [0.3, 0.4) is 0 Å². The Hall–Kier alpha value is -3.96. The second-order valence-electron chi connectivity index (χ2n) is 8.21. The Balaban J connectivity index is 1.73. The third kappa shape index (κ3) is 7.03. The average Bonchev–Trinajstić information content (AvgIpc) is 2.80. The van der Waals surface area contributed by atoms with Crippen LogP contribution >= 0.6 is 0 Å². The minimum atomic E-state index is -4.49. The first-order valence-electron chi connectivity index (χ1n) is 10.6. The molecule has 1 atom stereocenters. The number of amides is 2. The van der Waals surface area contributed by atoms with E-state index in [0.29, 0.717) is 10.9 Å². The molecular weight excluding hydrogens is 489 g/mol. The van der Waals surface area contributed by atoms with Crippen molar-refractivity contribution in [1.29, 1.82) is 0 Å². The molecule has 7 nitrogen and oxygen atoms in total. The summed E-state index contributed by atoms with van der Waals surface area (Å²) in [6, 6.07) is 9.66. The van der Waals surface area contributed by atoms with Gasteiger partial charge >= 0.3 is 12.3 Å². The van der Waals surface area contributed by atoms with E-state index < -0.39 is 61.4 Å². The zero-order chi connectivity index (χ0) is 26.5. The number of rotatable bonds is 9. The number of primary amides is 1. The number of pyridine rings is 1. The summed E-state index contributed by atoms with van der Waals surface area (Å²) >= 11 is 0. The number of halogens is 5. The van der Waals surface area contributed by atoms with Crippen LogP contribution in [0.4, 0.5) is 26.7 Å². The van der Waals surface area contributed by atoms with Crippen LogP contribution in [0.25, 0.3) is 10.9 Å². The number of hydrogen-bond acceptors (Lipinski definition) is 5. The van der Waals surface area contributed by atoms with E-state index in [4.69, 9.17) is 15.2 Å². The molecule has 0 spiro atoms. The van der Waals surface area contributed by atoms with Crippen LogP contribution in [0.5, 0.6) is 5.75 Å². The molecule has 192 valence electrons. The lowest BCUT2D eigenvalue weighted by Crippen LogP contribution is -2.45. The van der Waals surface area contributed by atoms with Crippen molar-refractivity contribution < 1.29 is 41.0 Å². The van der Waals surface area contributed by atoms with Crippen LogP contribution in [0.1, 0.15) is 35.7 Å². The second kappa shape index (κ2) is 10.8. The molecule has 2 amide bonds. The number of nitrogens with zero attached hydrogens (tertiary/aromatic N) is 1. The predicted molar refractivity (Wildman–Crippen MR) is 119 cm³/mol. The van der Waals surface area contributed by atoms with Crippen molar-refractivity contribution in [3.05, 3.63) is 71.4 Å². The van der Waals surface area contributed by atoms with Gasteiger partial charge in [0.2, 0.25) is 0 Å². The topological polar surface area (TPSA) is 104 Å². The van der Waals surface area contributed by atoms with Gasteiger partial charge in [-0.3, -0.25) is 9.78 Å². The summed E-state index contributed by atoms with van der Waals surface area (Å²) in [5.74, 6) is -1.98. The molecule has 0 aliphatic heterocycles. The van der Waals surface area contributed by atoms with Crippen LogP contribution in [0, 0.1) is 11.6 Å². The quantitative estimate of drug-likeness (QED) is 0.393.